The van der Waals surface area contributed by atoms with Crippen LogP contribution in [0.25, 0.3) is 0 Å². The number of carboxylic acid groups (broad SMARTS) is 1. The molecule has 0 fully saturated rings. The van der Waals surface area contributed by atoms with Crippen LogP contribution in [0, 0.1) is 0 Å². The molecule has 0 aromatic carbocycles. The predicted octanol–water partition coefficient (Wildman–Crippen LogP) is -2.66. The van der Waals surface area contributed by atoms with Gasteiger partial charge in [-0.05, 0) is 0 Å². The molecule has 0 radical (unpaired) electrons. The monoisotopic (exact) mass is 170 g/mol. The Bertz CT molecular complexity index is 36.7. The van der Waals surface area contributed by atoms with E-state index in [1.54, 1.807) is 0 Å². The van der Waals surface area contributed by atoms with Gasteiger partial charge in [-0.1, -0.05) is 0 Å². The molecule has 36 valence electrons. The van der Waals surface area contributed by atoms with Crippen LogP contribution in [0.3, 0.4) is 0 Å². The predicted molar refractivity (Wildman–Crippen MR) is 38.9 cm³/mol. The second-order valence-corrected chi connectivity index (χ2v) is 0.519. The van der Waals surface area contributed by atoms with Gasteiger partial charge in [-0.3, -0.25) is 4.79 Å². The van der Waals surface area contributed by atoms with E-state index in [2.05, 4.69) is 0 Å². The van der Waals surface area contributed by atoms with E-state index in [0.29, 0.717) is 0 Å². The van der Waals surface area contributed by atoms with Gasteiger partial charge in [0, 0.05) is 6.92 Å². The van der Waals surface area contributed by atoms with Gasteiger partial charge in [0.1, 0.15) is 0 Å². The molecule has 0 atom stereocenters. The Morgan fingerprint density at radius 1 is 1.43 bits per heavy atom. The molecule has 0 aromatic rings. The van der Waals surface area contributed by atoms with Crippen molar-refractivity contribution in [2.45, 2.75) is 6.92 Å². The normalized spacial score (nSPS) is 3.57. The maximum Gasteiger partial charge on any atom is 0.316 e. The summed E-state index contributed by atoms with van der Waals surface area (Å²) < 4.78 is 0. The number of aliphatic carboxylic acids is 1. The third-order valence-electron chi connectivity index (χ3n) is 0. The van der Waals surface area contributed by atoms with Crippen molar-refractivity contribution in [2.24, 2.45) is 0 Å². The summed E-state index contributed by atoms with van der Waals surface area (Å²) in [6.45, 7) is 1.08. The molecular weight excluding hydrogens is 160 g/mol. The molecule has 2 nitrogen and oxygen atoms in total. The fourth-order valence-corrected chi connectivity index (χ4v) is 0. The van der Waals surface area contributed by atoms with E-state index in [9.17, 15) is 0 Å². The van der Waals surface area contributed by atoms with Crippen LogP contribution in [0.15, 0.2) is 0 Å². The smallest absolute Gasteiger partial charge is 0.316 e. The van der Waals surface area contributed by atoms with Crippen molar-refractivity contribution in [2.75, 3.05) is 0 Å². The van der Waals surface area contributed by atoms with Crippen molar-refractivity contribution in [3.63, 3.8) is 0 Å². The Kier molecular flexibility index (Phi) is 51.3. The largest absolute Gasteiger partial charge is 0.316 e. The van der Waals surface area contributed by atoms with Gasteiger partial charge in [0.2, 0.25) is 0 Å². The number of carbonyl (C=O) groups is 1. The van der Waals surface area contributed by atoms with Crippen LogP contribution in [-0.4, -0.2) is 110 Å². The molecule has 0 saturated carbocycles. The third kappa shape index (κ3) is 52.6. The Hall–Kier alpha value is 2.76. The molecule has 0 aromatic heterocycles. The first-order chi connectivity index (χ1) is 1.73. The summed E-state index contributed by atoms with van der Waals surface area (Å²) in [6.07, 6.45) is 0. The molecular formula is C2H10Ca2MgO2. The van der Waals surface area contributed by atoms with Crippen LogP contribution in [0.1, 0.15) is 6.92 Å². The molecule has 5 heteroatoms. The molecule has 0 aliphatic rings. The van der Waals surface area contributed by atoms with Gasteiger partial charge >= 0.3 is 98.5 Å². The fraction of sp³-hybridized carbons (Fsp3) is 0.500. The summed E-state index contributed by atoms with van der Waals surface area (Å²) in [5, 5.41) is 7.42. The Balaban J connectivity index is -0.0000000150. The minimum Gasteiger partial charge on any atom is 0.316 e. The number of hydrogen-bond donors (Lipinski definition) is 1. The molecule has 0 rings (SSSR count). The minimum atomic E-state index is -0.833. The number of hydrogen-bond acceptors (Lipinski definition) is 1. The van der Waals surface area contributed by atoms with Crippen LogP contribution in [0.2, 0.25) is 0 Å². The van der Waals surface area contributed by atoms with Crippen LogP contribution in [-0.2, 0) is 4.79 Å². The first-order valence-corrected chi connectivity index (χ1v) is 0.928. The van der Waals surface area contributed by atoms with E-state index in [1.807, 2.05) is 0 Å². The van der Waals surface area contributed by atoms with Gasteiger partial charge in [0.15, 0.2) is 0 Å². The first-order valence-electron chi connectivity index (χ1n) is 0.928. The maximum absolute atomic E-state index is 9.00. The molecule has 7 heavy (non-hydrogen) atoms. The van der Waals surface area contributed by atoms with Crippen molar-refractivity contribution in [3.05, 3.63) is 0 Å². The second kappa shape index (κ2) is 15.9. The van der Waals surface area contributed by atoms with Crippen molar-refractivity contribution in [3.8, 4) is 0 Å². The van der Waals surface area contributed by atoms with E-state index >= 15 is 0 Å². The number of rotatable bonds is 0. The quantitative estimate of drug-likeness (QED) is 0.403. The first kappa shape index (κ1) is 22.6. The zero-order valence-electron chi connectivity index (χ0n) is 2.36. The summed E-state index contributed by atoms with van der Waals surface area (Å²) in [6, 6.07) is 0. The minimum absolute atomic E-state index is 0. The number of carboxylic acids is 1. The van der Waals surface area contributed by atoms with Gasteiger partial charge < -0.3 is 5.11 Å². The Labute approximate surface area is 119 Å². The SMILES string of the molecule is CC(=O)O.[CaH2].[CaH2].[MgH2]. The molecule has 0 bridgehead atoms. The summed E-state index contributed by atoms with van der Waals surface area (Å²) in [5.41, 5.74) is 0. The molecule has 0 unspecified atom stereocenters. The van der Waals surface area contributed by atoms with Crippen molar-refractivity contribution >= 4 is 104 Å². The van der Waals surface area contributed by atoms with Gasteiger partial charge in [0.05, 0.1) is 0 Å². The van der Waals surface area contributed by atoms with E-state index < -0.39 is 5.97 Å². The van der Waals surface area contributed by atoms with E-state index in [0.717, 1.165) is 6.92 Å². The molecule has 0 saturated heterocycles. The molecule has 0 amide bonds. The summed E-state index contributed by atoms with van der Waals surface area (Å²) in [5.74, 6) is -0.833. The van der Waals surface area contributed by atoms with Gasteiger partial charge in [-0.15, -0.1) is 0 Å². The van der Waals surface area contributed by atoms with Gasteiger partial charge in [0.25, 0.3) is 5.97 Å². The maximum atomic E-state index is 9.00. The molecule has 0 spiro atoms. The molecule has 1 N–H and O–H groups in total. The Morgan fingerprint density at radius 2 is 1.43 bits per heavy atom. The van der Waals surface area contributed by atoms with Gasteiger partial charge in [-0.25, -0.2) is 0 Å². The molecule has 0 aliphatic heterocycles. The van der Waals surface area contributed by atoms with E-state index in [4.69, 9.17) is 9.90 Å². The van der Waals surface area contributed by atoms with Crippen LogP contribution >= 0.6 is 0 Å². The van der Waals surface area contributed by atoms with E-state index in [1.165, 1.54) is 0 Å². The van der Waals surface area contributed by atoms with Crippen molar-refractivity contribution in [1.29, 1.82) is 0 Å². The average Bonchev–Trinajstić information content (AvgIpc) is 0.811. The second-order valence-electron chi connectivity index (χ2n) is 0.519. The molecule has 0 heterocycles. The third-order valence-corrected chi connectivity index (χ3v) is 0. The van der Waals surface area contributed by atoms with Crippen molar-refractivity contribution in [1.82, 2.24) is 0 Å². The topological polar surface area (TPSA) is 37.3 Å². The zero-order valence-corrected chi connectivity index (χ0v) is 2.36. The Morgan fingerprint density at radius 3 is 1.43 bits per heavy atom. The van der Waals surface area contributed by atoms with Crippen LogP contribution in [0.4, 0.5) is 0 Å². The van der Waals surface area contributed by atoms with Crippen molar-refractivity contribution < 1.29 is 9.90 Å². The standard InChI is InChI=1S/C2H4O2.2Ca.Mg.6H/c1-2(3)4;;;;;;;;;/h1H3,(H,3,4);;;;;;;;;. The zero-order chi connectivity index (χ0) is 3.58. The summed E-state index contributed by atoms with van der Waals surface area (Å²) >= 11 is 0. The van der Waals surface area contributed by atoms with E-state index in [-0.39, 0.29) is 98.5 Å². The average molecular weight is 171 g/mol. The van der Waals surface area contributed by atoms with Crippen LogP contribution < -0.4 is 0 Å². The molecule has 0 aliphatic carbocycles. The summed E-state index contributed by atoms with van der Waals surface area (Å²) in [7, 11) is 0. The van der Waals surface area contributed by atoms with Gasteiger partial charge in [-0.2, -0.15) is 0 Å². The van der Waals surface area contributed by atoms with Crippen LogP contribution in [0.5, 0.6) is 0 Å². The summed E-state index contributed by atoms with van der Waals surface area (Å²) in [4.78, 5) is 9.00. The fourth-order valence-electron chi connectivity index (χ4n) is 0.